The van der Waals surface area contributed by atoms with Crippen molar-refractivity contribution in [2.75, 3.05) is 0 Å². The van der Waals surface area contributed by atoms with Gasteiger partial charge < -0.3 is 14.8 Å². The lowest BCUT2D eigenvalue weighted by molar-refractivity contribution is 0.372. The molecule has 0 atom stereocenters. The van der Waals surface area contributed by atoms with E-state index in [1.54, 1.807) is 12.5 Å². The highest BCUT2D eigenvalue weighted by Crippen LogP contribution is 2.35. The lowest BCUT2D eigenvalue weighted by atomic mass is 9.99. The van der Waals surface area contributed by atoms with Crippen LogP contribution in [0.25, 0.3) is 17.1 Å². The maximum Gasteiger partial charge on any atom is 0.257 e. The Balaban J connectivity index is 1.61. The maximum absolute atomic E-state index is 6.36. The normalized spacial score (nSPS) is 17.0. The van der Waals surface area contributed by atoms with Crippen molar-refractivity contribution >= 4 is 0 Å². The summed E-state index contributed by atoms with van der Waals surface area (Å²) in [6.45, 7) is 0. The second kappa shape index (κ2) is 5.06. The molecule has 0 unspecified atom stereocenters. The lowest BCUT2D eigenvalue weighted by Crippen LogP contribution is -2.34. The smallest absolute Gasteiger partial charge is 0.257 e. The molecule has 0 radical (unpaired) electrons. The number of nitrogens with zero attached hydrogens (tertiary/aromatic N) is 4. The summed E-state index contributed by atoms with van der Waals surface area (Å²) in [5, 5.41) is 4.09. The predicted molar refractivity (Wildman–Crippen MR) is 81.2 cm³/mol. The summed E-state index contributed by atoms with van der Waals surface area (Å²) in [4.78, 5) is 8.55. The summed E-state index contributed by atoms with van der Waals surface area (Å²) in [5.74, 6) is 1.14. The first-order chi connectivity index (χ1) is 10.7. The third-order valence-corrected chi connectivity index (χ3v) is 4.28. The molecule has 0 bridgehead atoms. The second-order valence-electron chi connectivity index (χ2n) is 5.80. The molecule has 1 aliphatic carbocycles. The Bertz CT molecular complexity index is 754. The molecule has 0 aliphatic heterocycles. The predicted octanol–water partition coefficient (Wildman–Crippen LogP) is 2.65. The quantitative estimate of drug-likeness (QED) is 0.803. The zero-order valence-corrected chi connectivity index (χ0v) is 12.1. The van der Waals surface area contributed by atoms with Gasteiger partial charge >= 0.3 is 0 Å². The van der Waals surface area contributed by atoms with E-state index in [1.165, 1.54) is 0 Å². The van der Waals surface area contributed by atoms with Gasteiger partial charge in [0.25, 0.3) is 5.89 Å². The van der Waals surface area contributed by atoms with Gasteiger partial charge in [-0.05, 0) is 37.1 Å². The Morgan fingerprint density at radius 2 is 1.91 bits per heavy atom. The van der Waals surface area contributed by atoms with E-state index >= 15 is 0 Å². The zero-order chi connectivity index (χ0) is 15.0. The summed E-state index contributed by atoms with van der Waals surface area (Å²) in [6.07, 6.45) is 9.51. The number of aromatic nitrogens is 4. The third-order valence-electron chi connectivity index (χ3n) is 4.28. The van der Waals surface area contributed by atoms with E-state index in [0.717, 1.165) is 36.9 Å². The van der Waals surface area contributed by atoms with Crippen molar-refractivity contribution in [3.63, 3.8) is 0 Å². The van der Waals surface area contributed by atoms with Crippen molar-refractivity contribution in [2.45, 2.75) is 31.2 Å². The van der Waals surface area contributed by atoms with E-state index in [4.69, 9.17) is 10.3 Å². The van der Waals surface area contributed by atoms with Gasteiger partial charge in [0.05, 0.1) is 11.9 Å². The molecule has 2 heterocycles. The Morgan fingerprint density at radius 3 is 2.59 bits per heavy atom. The first-order valence-corrected chi connectivity index (χ1v) is 7.46. The fraction of sp³-hybridized carbons (Fsp3) is 0.312. The molecule has 2 N–H and O–H groups in total. The molecule has 6 nitrogen and oxygen atoms in total. The summed E-state index contributed by atoms with van der Waals surface area (Å²) in [6, 6.07) is 7.91. The number of rotatable bonds is 3. The van der Waals surface area contributed by atoms with Gasteiger partial charge in [0.15, 0.2) is 5.82 Å². The van der Waals surface area contributed by atoms with Crippen molar-refractivity contribution in [1.29, 1.82) is 0 Å². The molecule has 3 aromatic rings. The van der Waals surface area contributed by atoms with Gasteiger partial charge in [0.2, 0.25) is 0 Å². The van der Waals surface area contributed by atoms with Crippen molar-refractivity contribution < 1.29 is 4.52 Å². The van der Waals surface area contributed by atoms with Gasteiger partial charge in [-0.2, -0.15) is 4.98 Å². The standard InChI is InChI=1S/C16H17N5O/c17-16(7-1-2-8-16)15-19-14(22-20-15)12-3-5-13(6-4-12)21-10-9-18-11-21/h3-6,9-11H,1-2,7-8,17H2. The van der Waals surface area contributed by atoms with Gasteiger partial charge in [-0.25, -0.2) is 4.98 Å². The Hall–Kier alpha value is -2.47. The molecule has 0 amide bonds. The zero-order valence-electron chi connectivity index (χ0n) is 12.1. The molecule has 1 saturated carbocycles. The molecular formula is C16H17N5O. The average Bonchev–Trinajstić information content (AvgIpc) is 3.29. The fourth-order valence-corrected chi connectivity index (χ4v) is 2.96. The van der Waals surface area contributed by atoms with E-state index < -0.39 is 5.54 Å². The van der Waals surface area contributed by atoms with Crippen LogP contribution >= 0.6 is 0 Å². The number of benzene rings is 1. The molecule has 22 heavy (non-hydrogen) atoms. The van der Waals surface area contributed by atoms with Gasteiger partial charge in [0, 0.05) is 23.6 Å². The highest BCUT2D eigenvalue weighted by Gasteiger charge is 2.36. The van der Waals surface area contributed by atoms with Crippen molar-refractivity contribution in [1.82, 2.24) is 19.7 Å². The van der Waals surface area contributed by atoms with Crippen molar-refractivity contribution in [2.24, 2.45) is 5.73 Å². The molecule has 0 saturated heterocycles. The van der Waals surface area contributed by atoms with Crippen LogP contribution in [0.1, 0.15) is 31.5 Å². The van der Waals surface area contributed by atoms with E-state index in [0.29, 0.717) is 11.7 Å². The van der Waals surface area contributed by atoms with Crippen molar-refractivity contribution in [3.8, 4) is 17.1 Å². The number of imidazole rings is 1. The summed E-state index contributed by atoms with van der Waals surface area (Å²) >= 11 is 0. The molecule has 1 aromatic carbocycles. The highest BCUT2D eigenvalue weighted by molar-refractivity contribution is 5.55. The second-order valence-corrected chi connectivity index (χ2v) is 5.80. The number of nitrogens with two attached hydrogens (primary N) is 1. The topological polar surface area (TPSA) is 82.8 Å². The minimum Gasteiger partial charge on any atom is -0.334 e. The Kier molecular flexibility index (Phi) is 3.04. The number of hydrogen-bond donors (Lipinski definition) is 1. The van der Waals surface area contributed by atoms with E-state index in [9.17, 15) is 0 Å². The van der Waals surface area contributed by atoms with Crippen LogP contribution in [0.5, 0.6) is 0 Å². The largest absolute Gasteiger partial charge is 0.334 e. The Morgan fingerprint density at radius 1 is 1.14 bits per heavy atom. The highest BCUT2D eigenvalue weighted by atomic mass is 16.5. The van der Waals surface area contributed by atoms with Crippen LogP contribution in [-0.2, 0) is 5.54 Å². The average molecular weight is 295 g/mol. The van der Waals surface area contributed by atoms with Gasteiger partial charge in [-0.1, -0.05) is 18.0 Å². The molecule has 6 heteroatoms. The maximum atomic E-state index is 6.36. The minimum atomic E-state index is -0.418. The minimum absolute atomic E-state index is 0.418. The van der Waals surface area contributed by atoms with Gasteiger partial charge in [-0.3, -0.25) is 0 Å². The Labute approximate surface area is 128 Å². The van der Waals surface area contributed by atoms with Gasteiger partial charge in [0.1, 0.15) is 0 Å². The van der Waals surface area contributed by atoms with Crippen LogP contribution in [-0.4, -0.2) is 19.7 Å². The molecule has 1 aliphatic rings. The van der Waals surface area contributed by atoms with Crippen LogP contribution in [0, 0.1) is 0 Å². The van der Waals surface area contributed by atoms with Gasteiger partial charge in [-0.15, -0.1) is 0 Å². The molecule has 2 aromatic heterocycles. The van der Waals surface area contributed by atoms with Crippen LogP contribution in [0.2, 0.25) is 0 Å². The molecule has 0 spiro atoms. The first-order valence-electron chi connectivity index (χ1n) is 7.46. The van der Waals surface area contributed by atoms with Crippen LogP contribution in [0.15, 0.2) is 47.5 Å². The molecular weight excluding hydrogens is 278 g/mol. The summed E-state index contributed by atoms with van der Waals surface area (Å²) < 4.78 is 7.34. The van der Waals surface area contributed by atoms with E-state index in [2.05, 4.69) is 15.1 Å². The lowest BCUT2D eigenvalue weighted by Gasteiger charge is -2.17. The molecule has 4 rings (SSSR count). The first kappa shape index (κ1) is 13.2. The summed E-state index contributed by atoms with van der Waals surface area (Å²) in [7, 11) is 0. The van der Waals surface area contributed by atoms with Crippen LogP contribution < -0.4 is 5.73 Å². The molecule has 1 fully saturated rings. The monoisotopic (exact) mass is 295 g/mol. The van der Waals surface area contributed by atoms with Crippen molar-refractivity contribution in [3.05, 3.63) is 48.8 Å². The summed E-state index contributed by atoms with van der Waals surface area (Å²) in [5.41, 5.74) is 7.87. The number of hydrogen-bond acceptors (Lipinski definition) is 5. The van der Waals surface area contributed by atoms with Crippen LogP contribution in [0.4, 0.5) is 0 Å². The molecule has 112 valence electrons. The van der Waals surface area contributed by atoms with Crippen LogP contribution in [0.3, 0.4) is 0 Å². The third kappa shape index (κ3) is 2.21. The van der Waals surface area contributed by atoms with E-state index in [-0.39, 0.29) is 0 Å². The fourth-order valence-electron chi connectivity index (χ4n) is 2.96. The SMILES string of the molecule is NC1(c2noc(-c3ccc(-n4ccnc4)cc3)n2)CCCC1. The van der Waals surface area contributed by atoms with E-state index in [1.807, 2.05) is 35.0 Å².